The number of methoxy groups -OCH3 is 2. The number of benzene rings is 2. The van der Waals surface area contributed by atoms with Gasteiger partial charge in [-0.3, -0.25) is 9.78 Å². The topological polar surface area (TPSA) is 72.5 Å². The summed E-state index contributed by atoms with van der Waals surface area (Å²) in [4.78, 5) is 16.7. The highest BCUT2D eigenvalue weighted by molar-refractivity contribution is 6.31. The van der Waals surface area contributed by atoms with Crippen molar-refractivity contribution in [2.24, 2.45) is 0 Å². The van der Waals surface area contributed by atoms with Crippen molar-refractivity contribution in [1.29, 1.82) is 0 Å². The Morgan fingerprint density at radius 2 is 1.81 bits per heavy atom. The predicted molar refractivity (Wildman–Crippen MR) is 106 cm³/mol. The Morgan fingerprint density at radius 1 is 1.00 bits per heavy atom. The first-order valence-corrected chi connectivity index (χ1v) is 8.49. The fourth-order valence-corrected chi connectivity index (χ4v) is 2.64. The van der Waals surface area contributed by atoms with Crippen LogP contribution in [0, 0.1) is 0 Å². The van der Waals surface area contributed by atoms with E-state index in [4.69, 9.17) is 21.1 Å². The zero-order valence-electron chi connectivity index (χ0n) is 14.8. The van der Waals surface area contributed by atoms with Crippen LogP contribution in [0.2, 0.25) is 5.02 Å². The van der Waals surface area contributed by atoms with Crippen molar-refractivity contribution in [3.05, 3.63) is 71.5 Å². The molecule has 0 radical (unpaired) electrons. The molecule has 1 amide bonds. The number of rotatable bonds is 6. The normalized spacial score (nSPS) is 10.2. The van der Waals surface area contributed by atoms with Crippen LogP contribution in [0.3, 0.4) is 0 Å². The average molecular weight is 384 g/mol. The van der Waals surface area contributed by atoms with Gasteiger partial charge in [0.05, 0.1) is 19.9 Å². The van der Waals surface area contributed by atoms with Crippen LogP contribution >= 0.6 is 11.6 Å². The van der Waals surface area contributed by atoms with Crippen molar-refractivity contribution in [2.45, 2.75) is 0 Å². The molecule has 3 rings (SSSR count). The first-order chi connectivity index (χ1) is 13.1. The second kappa shape index (κ2) is 8.42. The summed E-state index contributed by atoms with van der Waals surface area (Å²) in [7, 11) is 3.13. The number of aromatic nitrogens is 1. The lowest BCUT2D eigenvalue weighted by Gasteiger charge is -2.11. The van der Waals surface area contributed by atoms with Gasteiger partial charge in [-0.2, -0.15) is 0 Å². The molecule has 0 aliphatic rings. The lowest BCUT2D eigenvalue weighted by Crippen LogP contribution is -2.14. The molecule has 0 aliphatic carbocycles. The number of nitrogens with one attached hydrogen (secondary N) is 2. The molecule has 0 spiro atoms. The first-order valence-electron chi connectivity index (χ1n) is 8.11. The highest BCUT2D eigenvalue weighted by atomic mass is 35.5. The first kappa shape index (κ1) is 18.5. The molecule has 7 heteroatoms. The van der Waals surface area contributed by atoms with Gasteiger partial charge in [-0.05, 0) is 42.5 Å². The SMILES string of the molecule is COc1cccc(Nc2ccnc(C(=O)Nc3cc(Cl)ccc3OC)c2)c1. The Kier molecular flexibility index (Phi) is 5.78. The third-order valence-electron chi connectivity index (χ3n) is 3.76. The maximum Gasteiger partial charge on any atom is 0.274 e. The highest BCUT2D eigenvalue weighted by Gasteiger charge is 2.12. The predicted octanol–water partition coefficient (Wildman–Crippen LogP) is 4.75. The van der Waals surface area contributed by atoms with E-state index in [1.807, 2.05) is 24.3 Å². The Bertz CT molecular complexity index is 963. The molecule has 6 nitrogen and oxygen atoms in total. The van der Waals surface area contributed by atoms with Crippen LogP contribution in [0.1, 0.15) is 10.5 Å². The molecule has 2 aromatic carbocycles. The van der Waals surface area contributed by atoms with Crippen LogP contribution in [-0.2, 0) is 0 Å². The molecule has 0 bridgehead atoms. The number of halogens is 1. The van der Waals surface area contributed by atoms with Gasteiger partial charge in [0, 0.05) is 28.7 Å². The van der Waals surface area contributed by atoms with Crippen molar-refractivity contribution >= 4 is 34.6 Å². The number of nitrogens with zero attached hydrogens (tertiary/aromatic N) is 1. The quantitative estimate of drug-likeness (QED) is 0.642. The van der Waals surface area contributed by atoms with E-state index in [2.05, 4.69) is 15.6 Å². The molecule has 0 aliphatic heterocycles. The lowest BCUT2D eigenvalue weighted by molar-refractivity contribution is 0.102. The Balaban J connectivity index is 1.78. The van der Waals surface area contributed by atoms with E-state index in [-0.39, 0.29) is 11.6 Å². The Morgan fingerprint density at radius 3 is 2.59 bits per heavy atom. The van der Waals surface area contributed by atoms with E-state index in [1.54, 1.807) is 43.6 Å². The van der Waals surface area contributed by atoms with Gasteiger partial charge in [-0.15, -0.1) is 0 Å². The zero-order valence-corrected chi connectivity index (χ0v) is 15.6. The van der Waals surface area contributed by atoms with Gasteiger partial charge in [-0.25, -0.2) is 0 Å². The maximum absolute atomic E-state index is 12.6. The minimum atomic E-state index is -0.371. The Labute approximate surface area is 162 Å². The molecule has 0 saturated heterocycles. The van der Waals surface area contributed by atoms with E-state index in [0.717, 1.165) is 17.1 Å². The Hall–Kier alpha value is -3.25. The smallest absolute Gasteiger partial charge is 0.274 e. The summed E-state index contributed by atoms with van der Waals surface area (Å²) >= 11 is 6.00. The van der Waals surface area contributed by atoms with Crippen molar-refractivity contribution in [2.75, 3.05) is 24.9 Å². The summed E-state index contributed by atoms with van der Waals surface area (Å²) in [5.74, 6) is 0.878. The molecule has 0 atom stereocenters. The van der Waals surface area contributed by atoms with E-state index in [1.165, 1.54) is 7.11 Å². The molecule has 27 heavy (non-hydrogen) atoms. The summed E-state index contributed by atoms with van der Waals surface area (Å²) in [6.07, 6.45) is 1.56. The third kappa shape index (κ3) is 4.68. The van der Waals surface area contributed by atoms with Crippen molar-refractivity contribution < 1.29 is 14.3 Å². The standard InChI is InChI=1S/C20H18ClN3O3/c1-26-16-5-3-4-14(11-16)23-15-8-9-22-18(12-15)20(25)24-17-10-13(21)6-7-19(17)27-2/h3-12H,1-2H3,(H,22,23)(H,24,25). The van der Waals surface area contributed by atoms with Crippen LogP contribution in [0.4, 0.5) is 17.1 Å². The largest absolute Gasteiger partial charge is 0.497 e. The van der Waals surface area contributed by atoms with Gasteiger partial charge in [0.2, 0.25) is 0 Å². The fourth-order valence-electron chi connectivity index (χ4n) is 2.46. The second-order valence-electron chi connectivity index (χ2n) is 5.59. The molecule has 138 valence electrons. The average Bonchev–Trinajstić information content (AvgIpc) is 2.68. The van der Waals surface area contributed by atoms with Crippen molar-refractivity contribution in [3.8, 4) is 11.5 Å². The molecule has 1 aromatic heterocycles. The van der Waals surface area contributed by atoms with Crippen LogP contribution in [-0.4, -0.2) is 25.1 Å². The summed E-state index contributed by atoms with van der Waals surface area (Å²) in [6.45, 7) is 0. The van der Waals surface area contributed by atoms with Gasteiger partial charge in [0.25, 0.3) is 5.91 Å². The maximum atomic E-state index is 12.6. The minimum absolute atomic E-state index is 0.255. The number of ether oxygens (including phenoxy) is 2. The fraction of sp³-hybridized carbons (Fsp3) is 0.100. The number of pyridine rings is 1. The summed E-state index contributed by atoms with van der Waals surface area (Å²) in [5, 5.41) is 6.49. The number of carbonyl (C=O) groups excluding carboxylic acids is 1. The van der Waals surface area contributed by atoms with Gasteiger partial charge in [-0.1, -0.05) is 17.7 Å². The highest BCUT2D eigenvalue weighted by Crippen LogP contribution is 2.28. The molecule has 3 aromatic rings. The van der Waals surface area contributed by atoms with E-state index in [9.17, 15) is 4.79 Å². The third-order valence-corrected chi connectivity index (χ3v) is 4.00. The molecular formula is C20H18ClN3O3. The molecule has 0 saturated carbocycles. The second-order valence-corrected chi connectivity index (χ2v) is 6.02. The number of anilines is 3. The van der Waals surface area contributed by atoms with E-state index < -0.39 is 0 Å². The van der Waals surface area contributed by atoms with E-state index >= 15 is 0 Å². The monoisotopic (exact) mass is 383 g/mol. The minimum Gasteiger partial charge on any atom is -0.497 e. The van der Waals surface area contributed by atoms with Crippen LogP contribution in [0.5, 0.6) is 11.5 Å². The zero-order chi connectivity index (χ0) is 19.2. The van der Waals surface area contributed by atoms with E-state index in [0.29, 0.717) is 16.5 Å². The lowest BCUT2D eigenvalue weighted by atomic mass is 10.2. The number of amides is 1. The number of carbonyl (C=O) groups is 1. The van der Waals surface area contributed by atoms with Crippen LogP contribution in [0.15, 0.2) is 60.8 Å². The van der Waals surface area contributed by atoms with Gasteiger partial charge >= 0.3 is 0 Å². The van der Waals surface area contributed by atoms with Crippen LogP contribution < -0.4 is 20.1 Å². The van der Waals surface area contributed by atoms with Crippen molar-refractivity contribution in [3.63, 3.8) is 0 Å². The van der Waals surface area contributed by atoms with Crippen molar-refractivity contribution in [1.82, 2.24) is 4.98 Å². The summed E-state index contributed by atoms with van der Waals surface area (Å²) < 4.78 is 10.5. The molecular weight excluding hydrogens is 366 g/mol. The van der Waals surface area contributed by atoms with Gasteiger partial charge in [0.15, 0.2) is 0 Å². The summed E-state index contributed by atoms with van der Waals surface area (Å²) in [5.41, 5.74) is 2.29. The van der Waals surface area contributed by atoms with Gasteiger partial charge in [0.1, 0.15) is 17.2 Å². The molecule has 0 unspecified atom stereocenters. The summed E-state index contributed by atoms with van der Waals surface area (Å²) in [6, 6.07) is 15.9. The molecule has 1 heterocycles. The number of hydrogen-bond acceptors (Lipinski definition) is 5. The van der Waals surface area contributed by atoms with Gasteiger partial charge < -0.3 is 20.1 Å². The number of hydrogen-bond donors (Lipinski definition) is 2. The van der Waals surface area contributed by atoms with Crippen LogP contribution in [0.25, 0.3) is 0 Å². The molecule has 2 N–H and O–H groups in total. The molecule has 0 fully saturated rings.